The highest BCUT2D eigenvalue weighted by Crippen LogP contribution is 2.59. The molecule has 0 unspecified atom stereocenters. The van der Waals surface area contributed by atoms with Crippen molar-refractivity contribution >= 4 is 38.4 Å². The Bertz CT molecular complexity index is 1110. The Morgan fingerprint density at radius 3 is 2.89 bits per heavy atom. The molecule has 1 saturated carbocycles. The van der Waals surface area contributed by atoms with E-state index in [1.165, 1.54) is 6.07 Å². The molecular formula is C20H15BrFN3O2. The predicted octanol–water partition coefficient (Wildman–Crippen LogP) is 4.31. The molecule has 1 fully saturated rings. The van der Waals surface area contributed by atoms with E-state index in [0.717, 1.165) is 22.2 Å². The molecule has 1 spiro atoms. The third kappa shape index (κ3) is 2.31. The molecule has 2 aliphatic rings. The van der Waals surface area contributed by atoms with Crippen LogP contribution in [-0.2, 0) is 10.2 Å². The van der Waals surface area contributed by atoms with E-state index in [0.29, 0.717) is 28.7 Å². The standard InChI is InChI=1S/C20H15BrFN3O2/c1-27-17-4-10(2-3-23-17)11-7-20(8-11)18-12-5-13(21)14(22)6-15(12)24-9-16(18)25-19(20)26/h2-6,9,11H,7-8H2,1H3,(H,25,26). The van der Waals surface area contributed by atoms with Crippen molar-refractivity contribution < 1.29 is 13.9 Å². The van der Waals surface area contributed by atoms with E-state index in [4.69, 9.17) is 4.74 Å². The topological polar surface area (TPSA) is 64.1 Å². The van der Waals surface area contributed by atoms with Crippen LogP contribution in [0.4, 0.5) is 10.1 Å². The smallest absolute Gasteiger partial charge is 0.235 e. The lowest BCUT2D eigenvalue weighted by atomic mass is 9.57. The minimum atomic E-state index is -0.602. The van der Waals surface area contributed by atoms with Crippen LogP contribution in [0.25, 0.3) is 10.9 Å². The van der Waals surface area contributed by atoms with Crippen LogP contribution in [0.3, 0.4) is 0 Å². The van der Waals surface area contributed by atoms with E-state index in [9.17, 15) is 9.18 Å². The van der Waals surface area contributed by atoms with Crippen LogP contribution in [0.5, 0.6) is 5.88 Å². The molecule has 0 saturated heterocycles. The van der Waals surface area contributed by atoms with Crippen molar-refractivity contribution in [3.8, 4) is 5.88 Å². The summed E-state index contributed by atoms with van der Waals surface area (Å²) in [5.41, 5.74) is 2.71. The molecule has 1 aliphatic heterocycles. The van der Waals surface area contributed by atoms with Gasteiger partial charge in [-0.3, -0.25) is 9.78 Å². The van der Waals surface area contributed by atoms with E-state index in [1.54, 1.807) is 25.6 Å². The van der Waals surface area contributed by atoms with Gasteiger partial charge in [-0.2, -0.15) is 0 Å². The van der Waals surface area contributed by atoms with Gasteiger partial charge in [0.2, 0.25) is 11.8 Å². The van der Waals surface area contributed by atoms with Gasteiger partial charge in [0.1, 0.15) is 5.82 Å². The number of amides is 1. The number of benzene rings is 1. The molecule has 1 N–H and O–H groups in total. The Kier molecular flexibility index (Phi) is 3.53. The number of methoxy groups -OCH3 is 1. The van der Waals surface area contributed by atoms with Gasteiger partial charge in [-0.15, -0.1) is 0 Å². The largest absolute Gasteiger partial charge is 0.481 e. The highest BCUT2D eigenvalue weighted by molar-refractivity contribution is 9.10. The molecule has 1 aromatic carbocycles. The zero-order valence-electron chi connectivity index (χ0n) is 14.4. The summed E-state index contributed by atoms with van der Waals surface area (Å²) in [5, 5.41) is 3.77. The molecule has 1 aliphatic carbocycles. The summed E-state index contributed by atoms with van der Waals surface area (Å²) in [6, 6.07) is 7.01. The fourth-order valence-electron chi connectivity index (χ4n) is 4.35. The average molecular weight is 428 g/mol. The molecule has 7 heteroatoms. The average Bonchev–Trinajstić information content (AvgIpc) is 2.94. The Balaban J connectivity index is 1.59. The van der Waals surface area contributed by atoms with Crippen molar-refractivity contribution in [3.05, 3.63) is 58.1 Å². The Morgan fingerprint density at radius 1 is 1.30 bits per heavy atom. The normalized spacial score (nSPS) is 23.2. The van der Waals surface area contributed by atoms with Gasteiger partial charge in [-0.25, -0.2) is 9.37 Å². The number of carbonyl (C=O) groups excluding carboxylic acids is 1. The molecule has 5 nitrogen and oxygen atoms in total. The summed E-state index contributed by atoms with van der Waals surface area (Å²) < 4.78 is 19.5. The molecule has 0 atom stereocenters. The van der Waals surface area contributed by atoms with Crippen molar-refractivity contribution in [1.82, 2.24) is 9.97 Å². The third-order valence-electron chi connectivity index (χ3n) is 5.70. The van der Waals surface area contributed by atoms with Crippen LogP contribution in [0.1, 0.15) is 29.9 Å². The summed E-state index contributed by atoms with van der Waals surface area (Å²) in [7, 11) is 1.59. The lowest BCUT2D eigenvalue weighted by Gasteiger charge is -2.44. The number of carbonyl (C=O) groups is 1. The number of hydrogen-bond acceptors (Lipinski definition) is 4. The van der Waals surface area contributed by atoms with Gasteiger partial charge < -0.3 is 10.1 Å². The van der Waals surface area contributed by atoms with Crippen LogP contribution in [0, 0.1) is 5.82 Å². The number of aromatic nitrogens is 2. The summed E-state index contributed by atoms with van der Waals surface area (Å²) in [6.45, 7) is 0. The maximum absolute atomic E-state index is 13.9. The molecule has 0 radical (unpaired) electrons. The number of hydrogen-bond donors (Lipinski definition) is 1. The Hall–Kier alpha value is -2.54. The van der Waals surface area contributed by atoms with Gasteiger partial charge in [0.15, 0.2) is 0 Å². The zero-order valence-corrected chi connectivity index (χ0v) is 16.0. The number of anilines is 1. The van der Waals surface area contributed by atoms with E-state index in [2.05, 4.69) is 31.2 Å². The van der Waals surface area contributed by atoms with Crippen molar-refractivity contribution in [2.45, 2.75) is 24.2 Å². The maximum Gasteiger partial charge on any atom is 0.235 e. The van der Waals surface area contributed by atoms with Crippen LogP contribution in [-0.4, -0.2) is 23.0 Å². The van der Waals surface area contributed by atoms with Crippen molar-refractivity contribution in [1.29, 1.82) is 0 Å². The number of fused-ring (bicyclic) bond motifs is 4. The fraction of sp³-hybridized carbons (Fsp3) is 0.250. The fourth-order valence-corrected chi connectivity index (χ4v) is 4.69. The number of nitrogens with zero attached hydrogens (tertiary/aromatic N) is 2. The van der Waals surface area contributed by atoms with Crippen LogP contribution in [0.2, 0.25) is 0 Å². The van der Waals surface area contributed by atoms with E-state index in [-0.39, 0.29) is 17.6 Å². The van der Waals surface area contributed by atoms with Gasteiger partial charge in [0.05, 0.1) is 34.4 Å². The first-order valence-corrected chi connectivity index (χ1v) is 9.41. The monoisotopic (exact) mass is 427 g/mol. The lowest BCUT2D eigenvalue weighted by molar-refractivity contribution is -0.124. The molecule has 2 aromatic heterocycles. The summed E-state index contributed by atoms with van der Waals surface area (Å²) in [5.74, 6) is 0.436. The molecule has 0 bridgehead atoms. The van der Waals surface area contributed by atoms with Gasteiger partial charge in [0.25, 0.3) is 0 Å². The summed E-state index contributed by atoms with van der Waals surface area (Å²) in [6.07, 6.45) is 4.72. The van der Waals surface area contributed by atoms with E-state index < -0.39 is 5.41 Å². The highest BCUT2D eigenvalue weighted by atomic mass is 79.9. The van der Waals surface area contributed by atoms with Crippen molar-refractivity contribution in [3.63, 3.8) is 0 Å². The quantitative estimate of drug-likeness (QED) is 0.661. The highest BCUT2D eigenvalue weighted by Gasteiger charge is 2.56. The number of halogens is 2. The predicted molar refractivity (Wildman–Crippen MR) is 102 cm³/mol. The second kappa shape index (κ2) is 5.73. The summed E-state index contributed by atoms with van der Waals surface area (Å²) in [4.78, 5) is 21.3. The van der Waals surface area contributed by atoms with E-state index in [1.807, 2.05) is 12.1 Å². The zero-order chi connectivity index (χ0) is 18.8. The number of nitrogens with one attached hydrogen (secondary N) is 1. The molecule has 27 heavy (non-hydrogen) atoms. The molecule has 136 valence electrons. The molecule has 5 rings (SSSR count). The van der Waals surface area contributed by atoms with Crippen molar-refractivity contribution in [2.24, 2.45) is 0 Å². The minimum Gasteiger partial charge on any atom is -0.481 e. The summed E-state index contributed by atoms with van der Waals surface area (Å²) >= 11 is 3.25. The SMILES string of the molecule is COc1cc(C2CC3(C2)C(=O)Nc2cnc4cc(F)c(Br)cc4c23)ccn1. The first-order valence-electron chi connectivity index (χ1n) is 8.61. The lowest BCUT2D eigenvalue weighted by Crippen LogP contribution is -2.45. The number of rotatable bonds is 2. The first kappa shape index (κ1) is 16.6. The molecule has 1 amide bonds. The van der Waals surface area contributed by atoms with Gasteiger partial charge in [0, 0.05) is 29.3 Å². The minimum absolute atomic E-state index is 0.00971. The van der Waals surface area contributed by atoms with Gasteiger partial charge >= 0.3 is 0 Å². The molecular weight excluding hydrogens is 413 g/mol. The van der Waals surface area contributed by atoms with Gasteiger partial charge in [-0.05, 0) is 52.4 Å². The Morgan fingerprint density at radius 2 is 2.11 bits per heavy atom. The van der Waals surface area contributed by atoms with Gasteiger partial charge in [-0.1, -0.05) is 0 Å². The number of ether oxygens (including phenoxy) is 1. The maximum atomic E-state index is 13.9. The van der Waals surface area contributed by atoms with Crippen LogP contribution < -0.4 is 10.1 Å². The second-order valence-corrected chi connectivity index (χ2v) is 7.96. The number of pyridine rings is 2. The molecule has 3 heterocycles. The Labute approximate surface area is 163 Å². The van der Waals surface area contributed by atoms with Crippen LogP contribution >= 0.6 is 15.9 Å². The second-order valence-electron chi connectivity index (χ2n) is 7.10. The van der Waals surface area contributed by atoms with Crippen molar-refractivity contribution in [2.75, 3.05) is 12.4 Å². The third-order valence-corrected chi connectivity index (χ3v) is 6.31. The van der Waals surface area contributed by atoms with E-state index >= 15 is 0 Å². The molecule has 3 aromatic rings. The first-order chi connectivity index (χ1) is 13.0. The van der Waals surface area contributed by atoms with Crippen LogP contribution in [0.15, 0.2) is 41.1 Å².